The predicted molar refractivity (Wildman–Crippen MR) is 355 cm³/mol. The molecular formula is C67H111N13O13. The van der Waals surface area contributed by atoms with Crippen LogP contribution in [-0.4, -0.2) is 257 Å². The highest BCUT2D eigenvalue weighted by atomic mass is 16.3. The number of likely N-dealkylation sites (N-methyl/N-ethyl adjacent to an activating group) is 8. The third-order valence-corrected chi connectivity index (χ3v) is 18.6. The Kier molecular flexibility index (Phi) is 30.0. The predicted octanol–water partition coefficient (Wildman–Crippen LogP) is 2.32. The van der Waals surface area contributed by atoms with E-state index < -0.39 is 192 Å². The van der Waals surface area contributed by atoms with Gasteiger partial charge in [0, 0.05) is 79.9 Å². The SMILES string of the molecule is CC[C@H](C)[C@@H]1NC(=O)[C@@H](C(C)C)N(C)C(=O)[C@H](Cc2c[nH]c3ccccc23)NC(=O)CN(C)C(=O)[C@H]([C@@H](C)CC)N(C)C(=O)[C@@H](C(C)C)NC(=O)CNC(=O)[C@@H](C(C)C)N(C)C(=O)[C@H]([C@@H](C)CC)N(C)C(=O)CN(C)C(=O)[C@H]([C@@H](C)O)N(C)C(=O)[C@@H](C(C)C)N(C)C1=O. The molecule has 1 aliphatic rings. The molecule has 0 radical (unpaired) electrons. The van der Waals surface area contributed by atoms with Gasteiger partial charge in [-0.2, -0.15) is 0 Å². The third kappa shape index (κ3) is 19.5. The number of rotatable bonds is 13. The van der Waals surface area contributed by atoms with Crippen molar-refractivity contribution >= 4 is 81.8 Å². The van der Waals surface area contributed by atoms with Crippen LogP contribution >= 0.6 is 0 Å². The van der Waals surface area contributed by atoms with Crippen molar-refractivity contribution < 1.29 is 62.6 Å². The summed E-state index contributed by atoms with van der Waals surface area (Å²) in [7, 11) is 11.1. The van der Waals surface area contributed by atoms with Crippen molar-refractivity contribution in [1.82, 2.24) is 65.5 Å². The molecule has 1 fully saturated rings. The standard InChI is InChI=1S/C67H111N13O13/c1-24-40(12)52-63(89)78(21)55(39(10)11)66(92)80(23)58(43(15)81)65(91)74(17)35-50(84)75(18)57(42(14)26-3)67(93)77(20)53(37(6)7)59(85)69-33-48(82)71-51(36(4)5)62(88)79(22)56(41(13)25-2)64(90)73(16)34-49(83)70-47(31-44-32-68-46-30-28-27-29-45(44)46)61(87)76(19)54(38(8)9)60(86)72-52/h27-30,32,36-43,47,51-58,68,81H,24-26,31,33-35H2,1-23H3,(H,69,85)(H,70,83)(H,71,82)(H,72,86)/t40-,41-,42-,43+,47-,51+,52-,53+,54+,55+,56-,57-,58-/m0/s1. The Morgan fingerprint density at radius 3 is 1.40 bits per heavy atom. The molecule has 1 aliphatic heterocycles. The minimum Gasteiger partial charge on any atom is -0.391 e. The first-order valence-corrected chi connectivity index (χ1v) is 32.7. The van der Waals surface area contributed by atoms with Crippen LogP contribution in [0.15, 0.2) is 30.5 Å². The molecule has 522 valence electrons. The van der Waals surface area contributed by atoms with Crippen LogP contribution in [0.4, 0.5) is 0 Å². The largest absolute Gasteiger partial charge is 0.391 e. The lowest BCUT2D eigenvalue weighted by Crippen LogP contribution is -2.63. The first kappa shape index (κ1) is 79.6. The average molecular weight is 1310 g/mol. The Labute approximate surface area is 551 Å². The zero-order valence-electron chi connectivity index (χ0n) is 59.6. The van der Waals surface area contributed by atoms with Gasteiger partial charge in [-0.05, 0) is 60.0 Å². The number of nitrogens with zero attached hydrogens (tertiary/aromatic N) is 8. The van der Waals surface area contributed by atoms with Crippen LogP contribution in [0.5, 0.6) is 0 Å². The number of para-hydroxylation sites is 1. The number of aromatic nitrogens is 1. The number of nitrogens with one attached hydrogen (secondary N) is 5. The van der Waals surface area contributed by atoms with Gasteiger partial charge in [-0.15, -0.1) is 0 Å². The van der Waals surface area contributed by atoms with Gasteiger partial charge in [0.15, 0.2) is 0 Å². The molecule has 0 aliphatic carbocycles. The maximum absolute atomic E-state index is 15.2. The molecule has 26 nitrogen and oxygen atoms in total. The van der Waals surface area contributed by atoms with Gasteiger partial charge in [0.25, 0.3) is 0 Å². The minimum absolute atomic E-state index is 0.0688. The van der Waals surface area contributed by atoms with E-state index in [1.54, 1.807) is 82.4 Å². The topological polar surface area (TPSA) is 315 Å². The summed E-state index contributed by atoms with van der Waals surface area (Å²) in [6.45, 7) is 23.9. The molecule has 13 atom stereocenters. The molecule has 1 aromatic carbocycles. The van der Waals surface area contributed by atoms with E-state index in [-0.39, 0.29) is 6.42 Å². The third-order valence-electron chi connectivity index (χ3n) is 18.6. The molecule has 1 saturated heterocycles. The van der Waals surface area contributed by atoms with Crippen LogP contribution in [0.3, 0.4) is 0 Å². The van der Waals surface area contributed by atoms with Crippen molar-refractivity contribution in [2.45, 2.75) is 190 Å². The zero-order chi connectivity index (χ0) is 71.1. The molecule has 93 heavy (non-hydrogen) atoms. The monoisotopic (exact) mass is 1310 g/mol. The molecule has 2 heterocycles. The minimum atomic E-state index is -1.59. The lowest BCUT2D eigenvalue weighted by Gasteiger charge is -2.40. The van der Waals surface area contributed by atoms with Crippen molar-refractivity contribution in [1.29, 1.82) is 0 Å². The van der Waals surface area contributed by atoms with Gasteiger partial charge in [0.2, 0.25) is 70.9 Å². The number of amides is 12. The Hall–Kier alpha value is -7.64. The summed E-state index contributed by atoms with van der Waals surface area (Å²) in [6.07, 6.45) is 1.33. The zero-order valence-corrected chi connectivity index (χ0v) is 59.6. The second kappa shape index (κ2) is 35.0. The number of aromatic amines is 1. The Morgan fingerprint density at radius 1 is 0.441 bits per heavy atom. The van der Waals surface area contributed by atoms with Crippen LogP contribution in [-0.2, 0) is 64.0 Å². The molecule has 0 spiro atoms. The van der Waals surface area contributed by atoms with Crippen LogP contribution < -0.4 is 21.3 Å². The summed E-state index contributed by atoms with van der Waals surface area (Å²) < 4.78 is 0. The van der Waals surface area contributed by atoms with E-state index in [1.165, 1.54) is 87.8 Å². The summed E-state index contributed by atoms with van der Waals surface area (Å²) >= 11 is 0. The number of carbonyl (C=O) groups is 12. The van der Waals surface area contributed by atoms with Crippen molar-refractivity contribution in [3.8, 4) is 0 Å². The fraction of sp³-hybridized carbons (Fsp3) is 0.701. The summed E-state index contributed by atoms with van der Waals surface area (Å²) in [4.78, 5) is 188. The Morgan fingerprint density at radius 2 is 0.882 bits per heavy atom. The molecule has 0 unspecified atom stereocenters. The highest BCUT2D eigenvalue weighted by Gasteiger charge is 2.46. The van der Waals surface area contributed by atoms with E-state index in [0.29, 0.717) is 24.8 Å². The van der Waals surface area contributed by atoms with Crippen molar-refractivity contribution in [3.63, 3.8) is 0 Å². The van der Waals surface area contributed by atoms with E-state index >= 15 is 9.59 Å². The number of aliphatic hydroxyl groups excluding tert-OH is 1. The van der Waals surface area contributed by atoms with Crippen LogP contribution in [0.2, 0.25) is 0 Å². The van der Waals surface area contributed by atoms with E-state index in [9.17, 15) is 53.1 Å². The Balaban J connectivity index is 2.29. The van der Waals surface area contributed by atoms with Gasteiger partial charge in [-0.3, -0.25) is 57.5 Å². The summed E-state index contributed by atoms with van der Waals surface area (Å²) in [6, 6.07) is -4.06. The number of hydrogen-bond acceptors (Lipinski definition) is 13. The second-order valence-electron chi connectivity index (χ2n) is 27.1. The smallest absolute Gasteiger partial charge is 0.248 e. The molecule has 1 aromatic heterocycles. The fourth-order valence-corrected chi connectivity index (χ4v) is 12.4. The van der Waals surface area contributed by atoms with Crippen LogP contribution in [0, 0.1) is 41.4 Å². The van der Waals surface area contributed by atoms with Gasteiger partial charge in [-0.25, -0.2) is 0 Å². The lowest BCUT2D eigenvalue weighted by molar-refractivity contribution is -0.157. The van der Waals surface area contributed by atoms with Gasteiger partial charge in [0.05, 0.1) is 25.7 Å². The average Bonchev–Trinajstić information content (AvgIpc) is 1.01. The molecule has 6 N–H and O–H groups in total. The molecule has 26 heteroatoms. The van der Waals surface area contributed by atoms with Gasteiger partial charge >= 0.3 is 0 Å². The highest BCUT2D eigenvalue weighted by Crippen LogP contribution is 2.26. The highest BCUT2D eigenvalue weighted by molar-refractivity contribution is 6.00. The number of aliphatic hydroxyl groups is 1. The van der Waals surface area contributed by atoms with Crippen molar-refractivity contribution in [2.75, 3.05) is 76.0 Å². The van der Waals surface area contributed by atoms with E-state index in [0.717, 1.165) is 25.6 Å². The first-order valence-electron chi connectivity index (χ1n) is 32.7. The Bertz CT molecular complexity index is 2970. The fourth-order valence-electron chi connectivity index (χ4n) is 12.4. The van der Waals surface area contributed by atoms with Crippen molar-refractivity contribution in [2.24, 2.45) is 41.4 Å². The maximum atomic E-state index is 15.2. The second-order valence-corrected chi connectivity index (χ2v) is 27.1. The van der Waals surface area contributed by atoms with E-state index in [2.05, 4.69) is 26.3 Å². The van der Waals surface area contributed by atoms with Crippen LogP contribution in [0.25, 0.3) is 10.9 Å². The molecule has 3 rings (SSSR count). The quantitative estimate of drug-likeness (QED) is 0.168. The molecule has 0 bridgehead atoms. The number of carbonyl (C=O) groups excluding carboxylic acids is 12. The van der Waals surface area contributed by atoms with E-state index in [4.69, 9.17) is 0 Å². The summed E-state index contributed by atoms with van der Waals surface area (Å²) in [5, 5.41) is 23.2. The number of hydrogen-bond donors (Lipinski definition) is 6. The normalized spacial score (nSPS) is 25.8. The molecule has 2 aromatic rings. The van der Waals surface area contributed by atoms with Crippen molar-refractivity contribution in [3.05, 3.63) is 36.0 Å². The lowest BCUT2D eigenvalue weighted by atomic mass is 9.93. The maximum Gasteiger partial charge on any atom is 0.248 e. The van der Waals surface area contributed by atoms with E-state index in [1.807, 2.05) is 45.0 Å². The molecule has 0 saturated carbocycles. The van der Waals surface area contributed by atoms with Gasteiger partial charge < -0.3 is 70.6 Å². The number of fused-ring (bicyclic) bond motifs is 1. The number of benzene rings is 1. The summed E-state index contributed by atoms with van der Waals surface area (Å²) in [5.74, 6) is -12.2. The molecule has 12 amide bonds. The van der Waals surface area contributed by atoms with Crippen LogP contribution in [0.1, 0.15) is 129 Å². The molecular weight excluding hydrogens is 1190 g/mol. The number of H-pyrrole nitrogens is 1. The van der Waals surface area contributed by atoms with Gasteiger partial charge in [-0.1, -0.05) is 134 Å². The summed E-state index contributed by atoms with van der Waals surface area (Å²) in [5.41, 5.74) is 1.41. The first-order chi connectivity index (χ1) is 43.2. The van der Waals surface area contributed by atoms with Gasteiger partial charge in [0.1, 0.15) is 54.4 Å².